The van der Waals surface area contributed by atoms with E-state index >= 15 is 0 Å². The Labute approximate surface area is 286 Å². The Morgan fingerprint density at radius 3 is 1.81 bits per heavy atom. The molecule has 0 spiro atoms. The van der Waals surface area contributed by atoms with Crippen LogP contribution in [0, 0.1) is 11.3 Å². The summed E-state index contributed by atoms with van der Waals surface area (Å²) in [5.41, 5.74) is 2.24. The second-order valence-electron chi connectivity index (χ2n) is 12.3. The zero-order valence-electron chi connectivity index (χ0n) is 27.8. The number of nitrogens with one attached hydrogen (secondary N) is 2. The van der Waals surface area contributed by atoms with E-state index in [-0.39, 0.29) is 18.7 Å². The first-order chi connectivity index (χ1) is 22.9. The molecule has 48 heavy (non-hydrogen) atoms. The number of carbonyl (C=O) groups is 4. The largest absolute Gasteiger partial charge is 0.480 e. The lowest BCUT2D eigenvalue weighted by Gasteiger charge is -2.37. The number of hydrogen-bond acceptors (Lipinski definition) is 7. The number of carboxylic acids is 1. The van der Waals surface area contributed by atoms with Crippen molar-refractivity contribution in [3.8, 4) is 6.07 Å². The number of alkyl carbamates (subject to hydrolysis) is 1. The van der Waals surface area contributed by atoms with Crippen LogP contribution in [0.1, 0.15) is 63.1 Å². The molecule has 0 aliphatic carbocycles. The summed E-state index contributed by atoms with van der Waals surface area (Å²) in [4.78, 5) is 52.3. The van der Waals surface area contributed by atoms with Gasteiger partial charge in [0.05, 0.1) is 10.8 Å². The van der Waals surface area contributed by atoms with Crippen LogP contribution in [0.5, 0.6) is 0 Å². The Balaban J connectivity index is 1.88. The average Bonchev–Trinajstić information content (AvgIpc) is 3.06. The van der Waals surface area contributed by atoms with E-state index in [0.29, 0.717) is 12.8 Å². The van der Waals surface area contributed by atoms with Crippen LogP contribution in [0.2, 0.25) is 0 Å². The van der Waals surface area contributed by atoms with Crippen LogP contribution < -0.4 is 10.6 Å². The monoisotopic (exact) mass is 672 g/mol. The first-order valence-corrected chi connectivity index (χ1v) is 16.8. The zero-order valence-corrected chi connectivity index (χ0v) is 28.7. The van der Waals surface area contributed by atoms with E-state index in [2.05, 4.69) is 10.6 Å². The molecular weight excluding hydrogens is 628 g/mol. The molecule has 0 saturated heterocycles. The zero-order chi connectivity index (χ0) is 35.2. The molecule has 3 N–H and O–H groups in total. The van der Waals surface area contributed by atoms with Gasteiger partial charge in [0.1, 0.15) is 24.1 Å². The van der Waals surface area contributed by atoms with E-state index in [0.717, 1.165) is 16.7 Å². The van der Waals surface area contributed by atoms with Crippen molar-refractivity contribution in [3.63, 3.8) is 0 Å². The van der Waals surface area contributed by atoms with Crippen LogP contribution in [0.4, 0.5) is 4.79 Å². The van der Waals surface area contributed by atoms with Gasteiger partial charge in [-0.15, -0.1) is 11.8 Å². The smallest absolute Gasteiger partial charge is 0.407 e. The number of hydrogen-bond donors (Lipinski definition) is 3. The minimum Gasteiger partial charge on any atom is -0.480 e. The van der Waals surface area contributed by atoms with Gasteiger partial charge in [0.2, 0.25) is 11.8 Å². The van der Waals surface area contributed by atoms with Crippen LogP contribution in [0.3, 0.4) is 0 Å². The van der Waals surface area contributed by atoms with Crippen molar-refractivity contribution in [2.75, 3.05) is 19.3 Å². The summed E-state index contributed by atoms with van der Waals surface area (Å²) in [6, 6.07) is 29.1. The lowest BCUT2D eigenvalue weighted by Crippen LogP contribution is -2.53. The van der Waals surface area contributed by atoms with Gasteiger partial charge in [0, 0.05) is 19.3 Å². The lowest BCUT2D eigenvalue weighted by molar-refractivity contribution is -0.143. The van der Waals surface area contributed by atoms with Gasteiger partial charge in [-0.1, -0.05) is 91.0 Å². The number of carbonyl (C=O) groups excluding carboxylic acids is 3. The Kier molecular flexibility index (Phi) is 14.1. The first kappa shape index (κ1) is 37.6. The van der Waals surface area contributed by atoms with E-state index in [1.165, 1.54) is 23.7 Å². The van der Waals surface area contributed by atoms with Crippen molar-refractivity contribution in [2.45, 2.75) is 68.9 Å². The number of benzene rings is 3. The molecule has 0 radical (unpaired) electrons. The number of nitriles is 1. The van der Waals surface area contributed by atoms with Gasteiger partial charge in [-0.25, -0.2) is 9.59 Å². The fourth-order valence-electron chi connectivity index (χ4n) is 5.21. The van der Waals surface area contributed by atoms with Gasteiger partial charge >= 0.3 is 12.1 Å². The maximum Gasteiger partial charge on any atom is 0.407 e. The van der Waals surface area contributed by atoms with Crippen LogP contribution in [0.25, 0.3) is 0 Å². The molecule has 10 nitrogen and oxygen atoms in total. The Hall–Kier alpha value is -4.82. The summed E-state index contributed by atoms with van der Waals surface area (Å²) in [5, 5.41) is 24.5. The number of amides is 3. The average molecular weight is 673 g/mol. The third-order valence-electron chi connectivity index (χ3n) is 7.59. The van der Waals surface area contributed by atoms with Crippen molar-refractivity contribution in [1.29, 1.82) is 5.26 Å². The van der Waals surface area contributed by atoms with Crippen molar-refractivity contribution >= 4 is 35.6 Å². The highest BCUT2D eigenvalue weighted by Crippen LogP contribution is 2.48. The standard InChI is InChI=1S/C37H44N4O6S/c1-36(2,3)47-35(46)39-25-15-14-22-30(34(44)45)40-33(43)31(41(4)32(42)23-24-38)26-48-37(27-16-8-5-9-17-27,28-18-10-6-11-19-28)29-20-12-7-13-21-29/h5-13,16-21,30-31H,14-15,22-23,25-26H2,1-4H3,(H,39,46)(H,40,43)(H,44,45). The number of nitrogens with zero attached hydrogens (tertiary/aromatic N) is 2. The summed E-state index contributed by atoms with van der Waals surface area (Å²) in [5.74, 6) is -2.32. The Morgan fingerprint density at radius 1 is 0.875 bits per heavy atom. The molecule has 3 amide bonds. The number of carboxylic acid groups (broad SMARTS) is 1. The van der Waals surface area contributed by atoms with Gasteiger partial charge < -0.3 is 25.4 Å². The number of ether oxygens (including phenoxy) is 1. The first-order valence-electron chi connectivity index (χ1n) is 15.8. The highest BCUT2D eigenvalue weighted by atomic mass is 32.2. The minimum atomic E-state index is -1.23. The summed E-state index contributed by atoms with van der Waals surface area (Å²) in [7, 11) is 1.46. The highest BCUT2D eigenvalue weighted by Gasteiger charge is 2.40. The fraction of sp³-hybridized carbons (Fsp3) is 0.378. The summed E-state index contributed by atoms with van der Waals surface area (Å²) < 4.78 is 4.42. The molecule has 0 aliphatic rings. The number of rotatable bonds is 16. The second-order valence-corrected chi connectivity index (χ2v) is 13.5. The van der Waals surface area contributed by atoms with E-state index in [9.17, 15) is 29.5 Å². The van der Waals surface area contributed by atoms with Gasteiger partial charge in [-0.3, -0.25) is 9.59 Å². The molecule has 0 fully saturated rings. The molecule has 3 aromatic rings. The molecule has 2 atom stereocenters. The summed E-state index contributed by atoms with van der Waals surface area (Å²) in [6.45, 7) is 5.55. The third kappa shape index (κ3) is 10.6. The third-order valence-corrected chi connectivity index (χ3v) is 9.22. The molecule has 3 aromatic carbocycles. The topological polar surface area (TPSA) is 149 Å². The van der Waals surface area contributed by atoms with Gasteiger partial charge in [-0.05, 0) is 56.7 Å². The highest BCUT2D eigenvalue weighted by molar-refractivity contribution is 8.00. The number of thioether (sulfide) groups is 1. The predicted octanol–water partition coefficient (Wildman–Crippen LogP) is 5.72. The predicted molar refractivity (Wildman–Crippen MR) is 186 cm³/mol. The van der Waals surface area contributed by atoms with E-state index in [1.54, 1.807) is 20.8 Å². The Bertz CT molecular complexity index is 1440. The van der Waals surface area contributed by atoms with Crippen LogP contribution in [-0.4, -0.2) is 70.9 Å². The number of likely N-dealkylation sites (N-methyl/N-ethyl adjacent to an activating group) is 1. The van der Waals surface area contributed by atoms with Gasteiger partial charge in [0.25, 0.3) is 0 Å². The summed E-state index contributed by atoms with van der Waals surface area (Å²) >= 11 is 1.46. The molecule has 0 aromatic heterocycles. The molecule has 254 valence electrons. The molecule has 11 heteroatoms. The van der Waals surface area contributed by atoms with Crippen molar-refractivity contribution in [3.05, 3.63) is 108 Å². The Morgan fingerprint density at radius 2 is 1.38 bits per heavy atom. The minimum absolute atomic E-state index is 0.0876. The van der Waals surface area contributed by atoms with E-state index < -0.39 is 52.7 Å². The fourth-order valence-corrected chi connectivity index (χ4v) is 6.90. The maximum absolute atomic E-state index is 13.9. The van der Waals surface area contributed by atoms with Crippen LogP contribution >= 0.6 is 11.8 Å². The summed E-state index contributed by atoms with van der Waals surface area (Å²) in [6.07, 6.45) is -0.0246. The van der Waals surface area contributed by atoms with E-state index in [4.69, 9.17) is 4.74 Å². The van der Waals surface area contributed by atoms with Crippen LogP contribution in [0.15, 0.2) is 91.0 Å². The lowest BCUT2D eigenvalue weighted by atomic mass is 9.84. The van der Waals surface area contributed by atoms with Crippen molar-refractivity contribution < 1.29 is 29.0 Å². The van der Waals surface area contributed by atoms with Crippen LogP contribution in [-0.2, 0) is 23.9 Å². The molecule has 0 aliphatic heterocycles. The number of aliphatic carboxylic acids is 1. The second kappa shape index (κ2) is 17.9. The molecule has 0 heterocycles. The SMILES string of the molecule is CN(C(=O)CC#N)C(CSC(c1ccccc1)(c1ccccc1)c1ccccc1)C(=O)NC(CCCCNC(=O)OC(C)(C)C)C(=O)O. The van der Waals surface area contributed by atoms with Gasteiger partial charge in [-0.2, -0.15) is 5.26 Å². The number of unbranched alkanes of at least 4 members (excludes halogenated alkanes) is 1. The quantitative estimate of drug-likeness (QED) is 0.129. The molecule has 0 bridgehead atoms. The van der Waals surface area contributed by atoms with Crippen molar-refractivity contribution in [1.82, 2.24) is 15.5 Å². The van der Waals surface area contributed by atoms with Crippen molar-refractivity contribution in [2.24, 2.45) is 0 Å². The van der Waals surface area contributed by atoms with Gasteiger partial charge in [0.15, 0.2) is 0 Å². The van der Waals surface area contributed by atoms with E-state index in [1.807, 2.05) is 97.1 Å². The molecule has 3 rings (SSSR count). The molecule has 0 saturated carbocycles. The normalized spacial score (nSPS) is 12.6. The maximum atomic E-state index is 13.9. The molecule has 2 unspecified atom stereocenters. The molecular formula is C37H44N4O6S.